The summed E-state index contributed by atoms with van der Waals surface area (Å²) in [6.07, 6.45) is -11.5. The van der Waals surface area contributed by atoms with Crippen LogP contribution < -0.4 is 48.0 Å². The number of unbranched alkanes of at least 4 members (excludes halogenated alkanes) is 2. The molecule has 2 atom stereocenters. The Morgan fingerprint density at radius 2 is 0.726 bits per heavy atom. The maximum atomic E-state index is 13.6. The van der Waals surface area contributed by atoms with Gasteiger partial charge >= 0.3 is 36.2 Å². The lowest BCUT2D eigenvalue weighted by Gasteiger charge is -2.12. The van der Waals surface area contributed by atoms with Crippen LogP contribution in [0, 0.1) is 0 Å². The highest BCUT2D eigenvalue weighted by atomic mass is 35.5. The summed E-state index contributed by atoms with van der Waals surface area (Å²) in [6, 6.07) is 36.6. The van der Waals surface area contributed by atoms with Crippen molar-refractivity contribution < 1.29 is 67.2 Å². The molecule has 0 aliphatic rings. The number of fused-ring (bicyclic) bond motifs is 3. The number of nitrogens with zero attached hydrogens (tertiary/aromatic N) is 12. The molecule has 0 saturated heterocycles. The van der Waals surface area contributed by atoms with Gasteiger partial charge in [-0.15, -0.1) is 39.5 Å². The summed E-state index contributed by atoms with van der Waals surface area (Å²) < 4.78 is 165. The molecule has 0 saturated carbocycles. The van der Waals surface area contributed by atoms with Gasteiger partial charge in [-0.2, -0.15) is 0 Å². The molecular formula is C74H70Cl3F9N12O12S3. The van der Waals surface area contributed by atoms with Crippen LogP contribution in [-0.4, -0.2) is 95.3 Å². The Labute approximate surface area is 659 Å². The van der Waals surface area contributed by atoms with E-state index in [0.29, 0.717) is 56.3 Å². The molecule has 12 rings (SSSR count). The molecule has 0 radical (unpaired) electrons. The van der Waals surface area contributed by atoms with Gasteiger partial charge in [0.05, 0.1) is 52.7 Å². The number of imidazole rings is 3. The molecule has 6 heterocycles. The van der Waals surface area contributed by atoms with Gasteiger partial charge < -0.3 is 33.0 Å². The lowest BCUT2D eigenvalue weighted by atomic mass is 10.2. The van der Waals surface area contributed by atoms with Crippen LogP contribution in [0.1, 0.15) is 79.3 Å². The molecule has 1 N–H and O–H groups in total. The monoisotopic (exact) mass is 1690 g/mol. The smallest absolute Gasteiger partial charge is 0.406 e. The number of aliphatic hydroxyl groups is 1. The average Bonchev–Trinajstić information content (AvgIpc) is 1.64. The van der Waals surface area contributed by atoms with Gasteiger partial charge in [0, 0.05) is 68.2 Å². The first-order chi connectivity index (χ1) is 53.5. The van der Waals surface area contributed by atoms with Crippen molar-refractivity contribution in [2.24, 2.45) is 21.1 Å². The molecule has 0 bridgehead atoms. The van der Waals surface area contributed by atoms with E-state index in [2.05, 4.69) is 29.2 Å². The summed E-state index contributed by atoms with van der Waals surface area (Å²) in [5, 5.41) is 11.2. The SMILES string of the molecule is CCCCn1c(=O)c2c(nc(S(=O)Cc3cccc(OC(F)(F)F)c3)n2Cc2ccc(Cl)cc2)n(C)c1=O.CCCCn1c(=O)c2c(nc(SCc3cccc(OC(F)(F)F)c3)n2Cc2ccc(Cl)cc2)n(C)c1=O.Cn1c(=O)n(CCCO)c(=O)c2c1nc(S(=O)Cc1cccc(OC(F)(F)F)c1)n2Cc1ccc(Cl)cc1. The number of hydrogen-bond donors (Lipinski definition) is 1. The molecule has 0 spiro atoms. The van der Waals surface area contributed by atoms with E-state index in [4.69, 9.17) is 34.8 Å². The van der Waals surface area contributed by atoms with Gasteiger partial charge in [0.1, 0.15) is 17.2 Å². The fourth-order valence-corrected chi connectivity index (χ4v) is 15.5. The van der Waals surface area contributed by atoms with Crippen molar-refractivity contribution in [2.45, 2.75) is 137 Å². The van der Waals surface area contributed by atoms with Crippen molar-refractivity contribution >= 4 is 102 Å². The van der Waals surface area contributed by atoms with E-state index in [-0.39, 0.29) is 118 Å². The first-order valence-corrected chi connectivity index (χ1v) is 39.2. The molecule has 113 heavy (non-hydrogen) atoms. The number of ether oxygens (including phenoxy) is 3. The Bertz CT molecular complexity index is 5640. The Morgan fingerprint density at radius 1 is 0.416 bits per heavy atom. The van der Waals surface area contributed by atoms with Crippen LogP contribution in [0.4, 0.5) is 39.5 Å². The lowest BCUT2D eigenvalue weighted by Crippen LogP contribution is -2.40. The number of aromatic nitrogens is 12. The molecule has 0 aliphatic carbocycles. The van der Waals surface area contributed by atoms with Gasteiger partial charge in [-0.3, -0.25) is 50.2 Å². The van der Waals surface area contributed by atoms with E-state index in [1.807, 2.05) is 26.0 Å². The van der Waals surface area contributed by atoms with Crippen LogP contribution >= 0.6 is 46.6 Å². The Balaban J connectivity index is 0.000000180. The second-order valence-electron chi connectivity index (χ2n) is 25.4. The predicted molar refractivity (Wildman–Crippen MR) is 410 cm³/mol. The number of alkyl halides is 9. The summed E-state index contributed by atoms with van der Waals surface area (Å²) in [4.78, 5) is 92.4. The van der Waals surface area contributed by atoms with E-state index < -0.39 is 85.9 Å². The van der Waals surface area contributed by atoms with Gasteiger partial charge in [0.25, 0.3) is 16.7 Å². The number of aryl methyl sites for hydroxylation is 3. The van der Waals surface area contributed by atoms with Crippen molar-refractivity contribution in [3.05, 3.63) is 257 Å². The zero-order chi connectivity index (χ0) is 82.0. The van der Waals surface area contributed by atoms with E-state index in [9.17, 15) is 81.8 Å². The summed E-state index contributed by atoms with van der Waals surface area (Å²) >= 11 is 19.3. The molecule has 0 fully saturated rings. The first kappa shape index (κ1) is 85.4. The molecule has 600 valence electrons. The zero-order valence-electron chi connectivity index (χ0n) is 60.5. The van der Waals surface area contributed by atoms with Crippen molar-refractivity contribution in [3.63, 3.8) is 0 Å². The summed E-state index contributed by atoms with van der Waals surface area (Å²) in [5.41, 5.74) is 0.905. The number of rotatable bonds is 27. The first-order valence-electron chi connectivity index (χ1n) is 34.4. The topological polar surface area (TPSA) is 268 Å². The van der Waals surface area contributed by atoms with Crippen molar-refractivity contribution in [1.29, 1.82) is 0 Å². The van der Waals surface area contributed by atoms with Crippen molar-refractivity contribution in [2.75, 3.05) is 6.61 Å². The lowest BCUT2D eigenvalue weighted by molar-refractivity contribution is -0.275. The highest BCUT2D eigenvalue weighted by molar-refractivity contribution is 7.98. The van der Waals surface area contributed by atoms with Gasteiger partial charge in [-0.1, -0.05) is 146 Å². The minimum absolute atomic E-state index is 0.00622. The third-order valence-corrected chi connectivity index (χ3v) is 21.6. The Kier molecular flexibility index (Phi) is 27.9. The molecule has 2 unspecified atom stereocenters. The molecule has 0 aliphatic heterocycles. The van der Waals surface area contributed by atoms with Gasteiger partial charge in [-0.25, -0.2) is 29.3 Å². The summed E-state index contributed by atoms with van der Waals surface area (Å²) in [7, 11) is 0.636. The standard InChI is InChI=1S/C25H24ClF3N4O4S.C25H24ClF3N4O3S.C24H22ClF3N4O5S/c1-3-4-12-32-22(34)20-21(31(2)24(32)35)30-23(33(20)14-16-8-10-18(26)11-9-16)38(36)15-17-6-5-7-19(13-17)37-25(27,28)29;1-3-4-12-32-22(34)20-21(31(2)24(32)35)30-23(33(20)14-16-8-10-18(26)11-9-16)37-15-17-6-5-7-19(13-17)36-25(27,28)29;1-30-20-19(21(34)31(23(30)35)10-3-11-33)32(13-15-6-8-17(25)9-7-15)22(29-20)38(36)14-16-4-2-5-18(12-16)37-24(26,27)28/h5-11,13H,3-4,12,14-15H2,1-2H3;5-11,13H,3-4,12,14-15H2,1-2H3;2,4-9,12,33H,3,10-11,13-14H2,1H3. The number of halogens is 12. The quantitative estimate of drug-likeness (QED) is 0.0370. The molecular weight excluding hydrogens is 1620 g/mol. The summed E-state index contributed by atoms with van der Waals surface area (Å²) in [6.45, 7) is 4.60. The molecule has 39 heteroatoms. The maximum absolute atomic E-state index is 13.6. The molecule has 12 aromatic rings. The average molecular weight is 1690 g/mol. The van der Waals surface area contributed by atoms with E-state index in [1.165, 1.54) is 91.2 Å². The largest absolute Gasteiger partial charge is 0.573 e. The van der Waals surface area contributed by atoms with Crippen molar-refractivity contribution in [1.82, 2.24) is 56.1 Å². The number of benzene rings is 6. The minimum Gasteiger partial charge on any atom is -0.406 e. The fraction of sp³-hybridized carbons (Fsp3) is 0.311. The Hall–Kier alpha value is -9.98. The Morgan fingerprint density at radius 3 is 1.06 bits per heavy atom. The van der Waals surface area contributed by atoms with Crippen LogP contribution in [0.3, 0.4) is 0 Å². The predicted octanol–water partition coefficient (Wildman–Crippen LogP) is 13.4. The fourth-order valence-electron chi connectivity index (χ4n) is 11.8. The number of hydrogen-bond acceptors (Lipinski definition) is 16. The third kappa shape index (κ3) is 21.5. The molecule has 6 aromatic carbocycles. The maximum Gasteiger partial charge on any atom is 0.573 e. The van der Waals surface area contributed by atoms with Gasteiger partial charge in [0.15, 0.2) is 38.6 Å². The van der Waals surface area contributed by atoms with Crippen LogP contribution in [0.2, 0.25) is 15.1 Å². The van der Waals surface area contributed by atoms with Crippen LogP contribution in [0.15, 0.2) is 190 Å². The second kappa shape index (κ2) is 36.9. The van der Waals surface area contributed by atoms with E-state index in [0.717, 1.165) is 61.9 Å². The summed E-state index contributed by atoms with van der Waals surface area (Å²) in [5.74, 6) is -1.39. The number of aliphatic hydroxyl groups excluding tert-OH is 1. The van der Waals surface area contributed by atoms with E-state index in [1.54, 1.807) is 78.3 Å². The number of thioether (sulfide) groups is 1. The highest BCUT2D eigenvalue weighted by Crippen LogP contribution is 2.32. The molecule has 0 amide bonds. The normalized spacial score (nSPS) is 12.4. The third-order valence-electron chi connectivity index (χ3n) is 17.1. The van der Waals surface area contributed by atoms with Crippen LogP contribution in [0.25, 0.3) is 33.5 Å². The zero-order valence-corrected chi connectivity index (χ0v) is 65.2. The van der Waals surface area contributed by atoms with Crippen LogP contribution in [0.5, 0.6) is 17.2 Å². The van der Waals surface area contributed by atoms with Crippen molar-refractivity contribution in [3.8, 4) is 17.2 Å². The van der Waals surface area contributed by atoms with Crippen LogP contribution in [-0.2, 0) is 99.3 Å². The second-order valence-corrected chi connectivity index (χ2v) is 30.3. The molecule has 24 nitrogen and oxygen atoms in total. The van der Waals surface area contributed by atoms with Gasteiger partial charge in [-0.05, 0) is 125 Å². The molecule has 6 aromatic heterocycles. The van der Waals surface area contributed by atoms with Gasteiger partial charge in [0.2, 0.25) is 10.3 Å². The highest BCUT2D eigenvalue weighted by Gasteiger charge is 2.34. The minimum atomic E-state index is -4.88. The van der Waals surface area contributed by atoms with E-state index >= 15 is 0 Å².